The smallest absolute Gasteiger partial charge is 0.262 e. The van der Waals surface area contributed by atoms with Gasteiger partial charge in [-0.25, -0.2) is 17.8 Å². The van der Waals surface area contributed by atoms with Crippen LogP contribution in [0.4, 0.5) is 15.8 Å². The molecule has 0 saturated carbocycles. The van der Waals surface area contributed by atoms with E-state index in [4.69, 9.17) is 0 Å². The van der Waals surface area contributed by atoms with E-state index in [2.05, 4.69) is 15.3 Å². The number of halogens is 1. The van der Waals surface area contributed by atoms with Crippen molar-refractivity contribution in [2.24, 2.45) is 7.05 Å². The van der Waals surface area contributed by atoms with Crippen LogP contribution in [-0.2, 0) is 17.1 Å². The number of imidazole rings is 1. The Balaban J connectivity index is 1.57. The fraction of sp³-hybridized carbons (Fsp3) is 0.333. The highest BCUT2D eigenvalue weighted by Gasteiger charge is 2.33. The molecule has 0 bridgehead atoms. The summed E-state index contributed by atoms with van der Waals surface area (Å²) in [6.45, 7) is 2.72. The van der Waals surface area contributed by atoms with Gasteiger partial charge < -0.3 is 9.88 Å². The van der Waals surface area contributed by atoms with E-state index in [1.165, 1.54) is 29.0 Å². The lowest BCUT2D eigenvalue weighted by molar-refractivity contribution is 0.312. The van der Waals surface area contributed by atoms with Crippen LogP contribution in [0.25, 0.3) is 0 Å². The first-order chi connectivity index (χ1) is 14.3. The monoisotopic (exact) mass is 429 g/mol. The van der Waals surface area contributed by atoms with Crippen LogP contribution in [0.3, 0.4) is 0 Å². The molecular formula is C21H24FN5O2S. The van der Waals surface area contributed by atoms with Crippen LogP contribution in [0, 0.1) is 12.7 Å². The quantitative estimate of drug-likeness (QED) is 0.671. The largest absolute Gasteiger partial charge is 0.355 e. The van der Waals surface area contributed by atoms with Gasteiger partial charge in [-0.05, 0) is 50.1 Å². The van der Waals surface area contributed by atoms with E-state index in [1.807, 2.05) is 19.1 Å². The van der Waals surface area contributed by atoms with Crippen molar-refractivity contribution in [3.8, 4) is 0 Å². The number of aromatic nitrogens is 3. The lowest BCUT2D eigenvalue weighted by Crippen LogP contribution is -2.39. The van der Waals surface area contributed by atoms with E-state index >= 15 is 0 Å². The molecule has 1 aromatic carbocycles. The number of rotatable bonds is 5. The number of hydrogen-bond donors (Lipinski definition) is 1. The molecule has 0 amide bonds. The molecule has 1 aliphatic heterocycles. The number of aryl methyl sites for hydroxylation is 2. The Kier molecular flexibility index (Phi) is 5.57. The van der Waals surface area contributed by atoms with Gasteiger partial charge in [0.1, 0.15) is 5.82 Å². The van der Waals surface area contributed by atoms with Crippen LogP contribution in [0.2, 0.25) is 0 Å². The third-order valence-electron chi connectivity index (χ3n) is 5.17. The third kappa shape index (κ3) is 4.36. The average molecular weight is 430 g/mol. The molecule has 2 aromatic heterocycles. The zero-order valence-corrected chi connectivity index (χ0v) is 17.7. The second kappa shape index (κ2) is 8.16. The Morgan fingerprint density at radius 1 is 1.20 bits per heavy atom. The summed E-state index contributed by atoms with van der Waals surface area (Å²) < 4.78 is 42.5. The number of benzene rings is 1. The standard InChI is InChI=1S/C21H24FN5O2S/c1-15-9-19(25-18-7-3-6-17(22)10-18)11-20(24-15)16-5-4-8-27(12-16)30(28,29)21-13-26(2)14-23-21/h3,6-7,9-11,13-14,16H,4-5,8,12H2,1-2H3,(H,24,25). The topological polar surface area (TPSA) is 80.1 Å². The molecule has 0 radical (unpaired) electrons. The maximum absolute atomic E-state index is 13.5. The SMILES string of the molecule is Cc1cc(Nc2cccc(F)c2)cc(C2CCCN(S(=O)(=O)c3cn(C)cn3)C2)n1. The Bertz CT molecular complexity index is 1160. The normalized spacial score (nSPS) is 17.8. The summed E-state index contributed by atoms with van der Waals surface area (Å²) in [5.41, 5.74) is 3.09. The van der Waals surface area contributed by atoms with Crippen molar-refractivity contribution in [3.05, 3.63) is 66.1 Å². The van der Waals surface area contributed by atoms with E-state index in [1.54, 1.807) is 23.7 Å². The molecule has 1 atom stereocenters. The van der Waals surface area contributed by atoms with E-state index in [9.17, 15) is 12.8 Å². The highest BCUT2D eigenvalue weighted by molar-refractivity contribution is 7.89. The van der Waals surface area contributed by atoms with Crippen molar-refractivity contribution in [1.82, 2.24) is 18.8 Å². The summed E-state index contributed by atoms with van der Waals surface area (Å²) in [7, 11) is -1.89. The maximum Gasteiger partial charge on any atom is 0.262 e. The van der Waals surface area contributed by atoms with E-state index < -0.39 is 10.0 Å². The summed E-state index contributed by atoms with van der Waals surface area (Å²) in [6.07, 6.45) is 4.61. The molecule has 30 heavy (non-hydrogen) atoms. The number of nitrogens with zero attached hydrogens (tertiary/aromatic N) is 4. The van der Waals surface area contributed by atoms with Crippen molar-refractivity contribution < 1.29 is 12.8 Å². The van der Waals surface area contributed by atoms with Crippen LogP contribution in [0.15, 0.2) is 53.9 Å². The lowest BCUT2D eigenvalue weighted by Gasteiger charge is -2.31. The molecule has 0 aliphatic carbocycles. The summed E-state index contributed by atoms with van der Waals surface area (Å²) >= 11 is 0. The minimum Gasteiger partial charge on any atom is -0.355 e. The van der Waals surface area contributed by atoms with Gasteiger partial charge in [-0.1, -0.05) is 6.07 Å². The molecule has 1 fully saturated rings. The van der Waals surface area contributed by atoms with Gasteiger partial charge in [0.15, 0.2) is 5.03 Å². The predicted octanol–water partition coefficient (Wildman–Crippen LogP) is 3.57. The molecule has 0 spiro atoms. The number of nitrogens with one attached hydrogen (secondary N) is 1. The zero-order chi connectivity index (χ0) is 21.3. The first-order valence-corrected chi connectivity index (χ1v) is 11.2. The molecule has 3 aromatic rings. The van der Waals surface area contributed by atoms with Crippen molar-refractivity contribution in [3.63, 3.8) is 0 Å². The summed E-state index contributed by atoms with van der Waals surface area (Å²) in [5.74, 6) is -0.334. The summed E-state index contributed by atoms with van der Waals surface area (Å²) in [4.78, 5) is 8.67. The minimum absolute atomic E-state index is 0.0230. The fourth-order valence-electron chi connectivity index (χ4n) is 3.76. The second-order valence-corrected chi connectivity index (χ2v) is 9.52. The van der Waals surface area contributed by atoms with Gasteiger partial charge in [-0.15, -0.1) is 0 Å². The summed E-state index contributed by atoms with van der Waals surface area (Å²) in [5, 5.41) is 3.28. The van der Waals surface area contributed by atoms with Gasteiger partial charge in [-0.2, -0.15) is 4.31 Å². The van der Waals surface area contributed by atoms with Crippen LogP contribution in [0.1, 0.15) is 30.1 Å². The van der Waals surface area contributed by atoms with E-state index in [0.29, 0.717) is 18.8 Å². The van der Waals surface area contributed by atoms with Gasteiger partial charge in [0.05, 0.1) is 6.33 Å². The maximum atomic E-state index is 13.5. The lowest BCUT2D eigenvalue weighted by atomic mass is 9.95. The third-order valence-corrected chi connectivity index (χ3v) is 6.93. The predicted molar refractivity (Wildman–Crippen MR) is 113 cm³/mol. The number of sulfonamides is 1. The fourth-order valence-corrected chi connectivity index (χ4v) is 5.25. The van der Waals surface area contributed by atoms with Gasteiger partial charge in [0.25, 0.3) is 10.0 Å². The van der Waals surface area contributed by atoms with Gasteiger partial charge in [0.2, 0.25) is 0 Å². The van der Waals surface area contributed by atoms with Crippen molar-refractivity contribution in [2.45, 2.75) is 30.7 Å². The van der Waals surface area contributed by atoms with Gasteiger partial charge in [0, 0.05) is 55.0 Å². The van der Waals surface area contributed by atoms with E-state index in [-0.39, 0.29) is 16.8 Å². The zero-order valence-electron chi connectivity index (χ0n) is 16.9. The molecule has 9 heteroatoms. The van der Waals surface area contributed by atoms with Crippen molar-refractivity contribution in [1.29, 1.82) is 0 Å². The van der Waals surface area contributed by atoms with Gasteiger partial charge in [-0.3, -0.25) is 4.98 Å². The van der Waals surface area contributed by atoms with Gasteiger partial charge >= 0.3 is 0 Å². The Morgan fingerprint density at radius 2 is 2.03 bits per heavy atom. The minimum atomic E-state index is -3.64. The van der Waals surface area contributed by atoms with E-state index in [0.717, 1.165) is 29.9 Å². The van der Waals surface area contributed by atoms with Crippen molar-refractivity contribution in [2.75, 3.05) is 18.4 Å². The molecular weight excluding hydrogens is 405 g/mol. The second-order valence-electron chi connectivity index (χ2n) is 7.64. The molecule has 7 nitrogen and oxygen atoms in total. The summed E-state index contributed by atoms with van der Waals surface area (Å²) in [6, 6.07) is 10.1. The van der Waals surface area contributed by atoms with Crippen LogP contribution in [-0.4, -0.2) is 40.3 Å². The van der Waals surface area contributed by atoms with Crippen LogP contribution >= 0.6 is 0 Å². The van der Waals surface area contributed by atoms with Crippen molar-refractivity contribution >= 4 is 21.4 Å². The Hall–Kier alpha value is -2.78. The number of piperidine rings is 1. The first-order valence-electron chi connectivity index (χ1n) is 9.80. The molecule has 1 N–H and O–H groups in total. The molecule has 1 aliphatic rings. The molecule has 4 rings (SSSR count). The number of pyridine rings is 1. The molecule has 158 valence electrons. The van der Waals surface area contributed by atoms with Crippen LogP contribution < -0.4 is 5.32 Å². The molecule has 1 unspecified atom stereocenters. The first kappa shape index (κ1) is 20.5. The van der Waals surface area contributed by atoms with Crippen LogP contribution in [0.5, 0.6) is 0 Å². The highest BCUT2D eigenvalue weighted by atomic mass is 32.2. The molecule has 3 heterocycles. The Labute approximate surface area is 175 Å². The highest BCUT2D eigenvalue weighted by Crippen LogP contribution is 2.31. The number of hydrogen-bond acceptors (Lipinski definition) is 5. The Morgan fingerprint density at radius 3 is 2.77 bits per heavy atom. The molecule has 1 saturated heterocycles. The number of anilines is 2. The average Bonchev–Trinajstić information content (AvgIpc) is 3.15.